The van der Waals surface area contributed by atoms with Crippen molar-refractivity contribution in [3.05, 3.63) is 25.1 Å². The van der Waals surface area contributed by atoms with Crippen LogP contribution < -0.4 is 5.73 Å². The molecule has 1 heterocycles. The van der Waals surface area contributed by atoms with E-state index in [0.29, 0.717) is 0 Å². The molecule has 1 aromatic heterocycles. The molecule has 2 N–H and O–H groups in total. The summed E-state index contributed by atoms with van der Waals surface area (Å²) in [5, 5.41) is 0. The second-order valence-corrected chi connectivity index (χ2v) is 4.59. The summed E-state index contributed by atoms with van der Waals surface area (Å²) in [4.78, 5) is 4.20. The number of hydrogen-bond donors (Lipinski definition) is 1. The molecule has 0 aliphatic carbocycles. The lowest BCUT2D eigenvalue weighted by Gasteiger charge is -2.06. The Morgan fingerprint density at radius 1 is 1.55 bits per heavy atom. The Morgan fingerprint density at radius 3 is 2.64 bits per heavy atom. The van der Waals surface area contributed by atoms with Gasteiger partial charge in [0, 0.05) is 21.4 Å². The van der Waals surface area contributed by atoms with Crippen molar-refractivity contribution in [2.24, 2.45) is 5.73 Å². The number of halogens is 2. The predicted octanol–water partition coefficient (Wildman–Crippen LogP) is 2.31. The number of pyridine rings is 1. The molecule has 0 aliphatic rings. The molecule has 4 heteroatoms. The van der Waals surface area contributed by atoms with Gasteiger partial charge in [-0.15, -0.1) is 0 Å². The Balaban J connectivity index is 3.13. The van der Waals surface area contributed by atoms with Crippen molar-refractivity contribution < 1.29 is 0 Å². The molecule has 0 radical (unpaired) electrons. The molecule has 1 unspecified atom stereocenters. The van der Waals surface area contributed by atoms with Gasteiger partial charge >= 0.3 is 0 Å². The highest BCUT2D eigenvalue weighted by Gasteiger charge is 2.05. The van der Waals surface area contributed by atoms with Gasteiger partial charge in [0.1, 0.15) is 3.70 Å². The summed E-state index contributed by atoms with van der Waals surface area (Å²) < 4.78 is 2.13. The maximum atomic E-state index is 5.74. The number of nitrogens with zero attached hydrogens (tertiary/aromatic N) is 1. The van der Waals surface area contributed by atoms with E-state index in [4.69, 9.17) is 5.73 Å². The first-order chi connectivity index (χ1) is 5.11. The van der Waals surface area contributed by atoms with E-state index in [1.807, 2.05) is 13.1 Å². The number of hydrogen-bond acceptors (Lipinski definition) is 2. The fourth-order valence-corrected chi connectivity index (χ4v) is 2.02. The molecule has 0 aromatic carbocycles. The van der Waals surface area contributed by atoms with Crippen LogP contribution in [-0.2, 0) is 0 Å². The van der Waals surface area contributed by atoms with Crippen molar-refractivity contribution in [2.45, 2.75) is 13.0 Å². The van der Waals surface area contributed by atoms with E-state index in [9.17, 15) is 0 Å². The van der Waals surface area contributed by atoms with Gasteiger partial charge in [0.2, 0.25) is 0 Å². The lowest BCUT2D eigenvalue weighted by molar-refractivity contribution is 0.802. The van der Waals surface area contributed by atoms with Crippen molar-refractivity contribution >= 4 is 45.2 Å². The molecule has 60 valence electrons. The molecule has 0 amide bonds. The summed E-state index contributed by atoms with van der Waals surface area (Å²) in [6, 6.07) is 2.14. The lowest BCUT2D eigenvalue weighted by Crippen LogP contribution is -2.08. The zero-order chi connectivity index (χ0) is 8.43. The number of aromatic nitrogens is 1. The summed E-state index contributed by atoms with van der Waals surface area (Å²) in [5.74, 6) is 0. The van der Waals surface area contributed by atoms with Gasteiger partial charge in [-0.05, 0) is 58.2 Å². The largest absolute Gasteiger partial charge is 0.324 e. The maximum absolute atomic E-state index is 5.74. The maximum Gasteiger partial charge on any atom is 0.106 e. The number of rotatable bonds is 1. The molecule has 0 spiro atoms. The second kappa shape index (κ2) is 3.99. The van der Waals surface area contributed by atoms with Crippen LogP contribution in [0.15, 0.2) is 12.3 Å². The van der Waals surface area contributed by atoms with E-state index in [-0.39, 0.29) is 6.04 Å². The van der Waals surface area contributed by atoms with Crippen LogP contribution in [-0.4, -0.2) is 4.98 Å². The topological polar surface area (TPSA) is 38.9 Å². The first-order valence-corrected chi connectivity index (χ1v) is 5.33. The quantitative estimate of drug-likeness (QED) is 0.606. The van der Waals surface area contributed by atoms with E-state index >= 15 is 0 Å². The van der Waals surface area contributed by atoms with Crippen LogP contribution in [0.4, 0.5) is 0 Å². The molecule has 0 fully saturated rings. The first-order valence-electron chi connectivity index (χ1n) is 3.18. The molecule has 11 heavy (non-hydrogen) atoms. The van der Waals surface area contributed by atoms with Crippen molar-refractivity contribution in [3.8, 4) is 0 Å². The van der Waals surface area contributed by atoms with Gasteiger partial charge in [0.25, 0.3) is 0 Å². The van der Waals surface area contributed by atoms with Crippen LogP contribution in [0.25, 0.3) is 0 Å². The van der Waals surface area contributed by atoms with Gasteiger partial charge in [-0.2, -0.15) is 0 Å². The van der Waals surface area contributed by atoms with E-state index in [1.165, 1.54) is 0 Å². The standard InChI is InChI=1S/C7H8I2N2/c1-4(10)6-2-5(8)3-11-7(6)9/h2-4H,10H2,1H3. The molecule has 0 bridgehead atoms. The highest BCUT2D eigenvalue weighted by Crippen LogP contribution is 2.17. The van der Waals surface area contributed by atoms with Crippen LogP contribution in [0.1, 0.15) is 18.5 Å². The summed E-state index contributed by atoms with van der Waals surface area (Å²) >= 11 is 4.43. The van der Waals surface area contributed by atoms with Crippen molar-refractivity contribution in [3.63, 3.8) is 0 Å². The van der Waals surface area contributed by atoms with Crippen LogP contribution in [0.3, 0.4) is 0 Å². The average molecular weight is 374 g/mol. The van der Waals surface area contributed by atoms with Gasteiger partial charge in [-0.25, -0.2) is 4.98 Å². The predicted molar refractivity (Wildman–Crippen MR) is 62.3 cm³/mol. The highest BCUT2D eigenvalue weighted by atomic mass is 127. The molecule has 1 aromatic rings. The zero-order valence-corrected chi connectivity index (χ0v) is 10.3. The fraction of sp³-hybridized carbons (Fsp3) is 0.286. The van der Waals surface area contributed by atoms with E-state index in [1.54, 1.807) is 0 Å². The minimum atomic E-state index is 0.0733. The van der Waals surface area contributed by atoms with Gasteiger partial charge in [0.15, 0.2) is 0 Å². The van der Waals surface area contributed by atoms with E-state index in [2.05, 4.69) is 56.2 Å². The smallest absolute Gasteiger partial charge is 0.106 e. The van der Waals surface area contributed by atoms with Crippen molar-refractivity contribution in [2.75, 3.05) is 0 Å². The third kappa shape index (κ3) is 2.51. The third-order valence-electron chi connectivity index (χ3n) is 1.32. The lowest BCUT2D eigenvalue weighted by atomic mass is 10.2. The normalized spacial score (nSPS) is 13.1. The van der Waals surface area contributed by atoms with Crippen LogP contribution >= 0.6 is 45.2 Å². The first kappa shape index (κ1) is 9.66. The Kier molecular flexibility index (Phi) is 3.51. The average Bonchev–Trinajstić information content (AvgIpc) is 1.94. The molecule has 2 nitrogen and oxygen atoms in total. The Morgan fingerprint density at radius 2 is 2.18 bits per heavy atom. The molecule has 1 atom stereocenters. The van der Waals surface area contributed by atoms with Crippen molar-refractivity contribution in [1.82, 2.24) is 4.98 Å². The number of nitrogens with two attached hydrogens (primary N) is 1. The monoisotopic (exact) mass is 374 g/mol. The Hall–Kier alpha value is 0.570. The molecule has 0 aliphatic heterocycles. The van der Waals surface area contributed by atoms with Crippen LogP contribution in [0.2, 0.25) is 0 Å². The summed E-state index contributed by atoms with van der Waals surface area (Å²) in [6.45, 7) is 1.97. The Bertz CT molecular complexity index is 261. The van der Waals surface area contributed by atoms with Gasteiger partial charge in [0.05, 0.1) is 0 Å². The molecular weight excluding hydrogens is 366 g/mol. The molecular formula is C7H8I2N2. The fourth-order valence-electron chi connectivity index (χ4n) is 0.758. The second-order valence-electron chi connectivity index (χ2n) is 2.32. The minimum Gasteiger partial charge on any atom is -0.324 e. The summed E-state index contributed by atoms with van der Waals surface area (Å²) in [6.07, 6.45) is 1.84. The van der Waals surface area contributed by atoms with Crippen LogP contribution in [0, 0.1) is 7.27 Å². The SMILES string of the molecule is CC(N)c1cc(I)cnc1I. The highest BCUT2D eigenvalue weighted by molar-refractivity contribution is 14.1. The molecule has 0 saturated heterocycles. The zero-order valence-electron chi connectivity index (χ0n) is 6.01. The van der Waals surface area contributed by atoms with Gasteiger partial charge in [-0.3, -0.25) is 0 Å². The van der Waals surface area contributed by atoms with E-state index in [0.717, 1.165) is 12.8 Å². The minimum absolute atomic E-state index is 0.0733. The van der Waals surface area contributed by atoms with E-state index < -0.39 is 0 Å². The molecule has 0 saturated carbocycles. The van der Waals surface area contributed by atoms with Gasteiger partial charge < -0.3 is 5.73 Å². The Labute approximate surface area is 93.2 Å². The van der Waals surface area contributed by atoms with Gasteiger partial charge in [-0.1, -0.05) is 0 Å². The third-order valence-corrected chi connectivity index (χ3v) is 2.81. The van der Waals surface area contributed by atoms with Crippen LogP contribution in [0.5, 0.6) is 0 Å². The summed E-state index contributed by atoms with van der Waals surface area (Å²) in [5.41, 5.74) is 6.86. The summed E-state index contributed by atoms with van der Waals surface area (Å²) in [7, 11) is 0. The molecule has 1 rings (SSSR count). The van der Waals surface area contributed by atoms with Crippen molar-refractivity contribution in [1.29, 1.82) is 0 Å².